The van der Waals surface area contributed by atoms with Gasteiger partial charge in [0.2, 0.25) is 0 Å². The van der Waals surface area contributed by atoms with Crippen LogP contribution in [0.4, 0.5) is 0 Å². The van der Waals surface area contributed by atoms with Crippen molar-refractivity contribution in [2.75, 3.05) is 0 Å². The van der Waals surface area contributed by atoms with Crippen LogP contribution in [0.1, 0.15) is 0 Å². The Kier molecular flexibility index (Phi) is 6.03. The maximum atomic E-state index is 11.0. The minimum Gasteiger partial charge on any atom is -0.282 e. The van der Waals surface area contributed by atoms with E-state index in [-0.39, 0.29) is 17.3 Å². The van der Waals surface area contributed by atoms with Crippen molar-refractivity contribution >= 4 is 44.2 Å². The van der Waals surface area contributed by atoms with Gasteiger partial charge in [-0.1, -0.05) is 30.3 Å². The van der Waals surface area contributed by atoms with E-state index in [1.54, 1.807) is 30.5 Å². The Morgan fingerprint density at radius 3 is 2.28 bits per heavy atom. The summed E-state index contributed by atoms with van der Waals surface area (Å²) in [5.41, 5.74) is 0.544. The first-order valence-electron chi connectivity index (χ1n) is 7.16. The number of nitrogens with zero attached hydrogens (tertiary/aromatic N) is 2. The second-order valence-electron chi connectivity index (χ2n) is 5.02. The van der Waals surface area contributed by atoms with Gasteiger partial charge in [-0.25, -0.2) is 0 Å². The summed E-state index contributed by atoms with van der Waals surface area (Å²) >= 11 is 0. The molecule has 5 nitrogen and oxygen atoms in total. The quantitative estimate of drug-likeness (QED) is 0.506. The van der Waals surface area contributed by atoms with Crippen LogP contribution in [0.5, 0.6) is 0 Å². The molecule has 0 unspecified atom stereocenters. The Morgan fingerprint density at radius 1 is 0.800 bits per heavy atom. The van der Waals surface area contributed by atoms with E-state index in [4.69, 9.17) is 4.55 Å². The van der Waals surface area contributed by atoms with E-state index in [0.717, 1.165) is 0 Å². The van der Waals surface area contributed by atoms with Gasteiger partial charge in [0.25, 0.3) is 10.1 Å². The van der Waals surface area contributed by atoms with Crippen molar-refractivity contribution in [1.82, 2.24) is 9.97 Å². The molecule has 0 aliphatic rings. The monoisotopic (exact) mass is 374 g/mol. The fraction of sp³-hybridized carbons (Fsp3) is 0. The molecule has 0 amide bonds. The fourth-order valence-electron chi connectivity index (χ4n) is 2.33. The van der Waals surface area contributed by atoms with Crippen molar-refractivity contribution in [3.8, 4) is 0 Å². The standard InChI is InChI=1S/C9H7NO3S.C9H7N.ClH/c11-14(12,13)9-5-1-4-8-7(9)3-2-6-10-8;1-2-4-9-7-10-6-5-8(9)3-1;/h1-6H,(H,11,12,13);1-7H;1H. The highest BCUT2D eigenvalue weighted by Crippen LogP contribution is 2.20. The lowest BCUT2D eigenvalue weighted by Crippen LogP contribution is -1.98. The SMILES string of the molecule is Cl.O=S(=O)(O)c1cccc2ncccc12.c1ccc2cnccc2c1. The first-order valence-corrected chi connectivity index (χ1v) is 8.60. The number of halogens is 1. The van der Waals surface area contributed by atoms with Crippen LogP contribution in [-0.4, -0.2) is 22.9 Å². The van der Waals surface area contributed by atoms with E-state index in [2.05, 4.69) is 22.1 Å². The molecule has 0 radical (unpaired) electrons. The molecule has 0 bridgehead atoms. The second-order valence-corrected chi connectivity index (χ2v) is 6.41. The lowest BCUT2D eigenvalue weighted by atomic mass is 10.2. The largest absolute Gasteiger partial charge is 0.295 e. The number of benzene rings is 2. The summed E-state index contributed by atoms with van der Waals surface area (Å²) in [5.74, 6) is 0. The summed E-state index contributed by atoms with van der Waals surface area (Å²) in [5, 5.41) is 2.88. The van der Waals surface area contributed by atoms with Crippen molar-refractivity contribution in [2.45, 2.75) is 4.90 Å². The zero-order valence-corrected chi connectivity index (χ0v) is 14.6. The number of aromatic nitrogens is 2. The Balaban J connectivity index is 0.000000182. The lowest BCUT2D eigenvalue weighted by Gasteiger charge is -2.01. The molecule has 0 fully saturated rings. The third-order valence-electron chi connectivity index (χ3n) is 3.43. The normalized spacial score (nSPS) is 10.6. The molecular formula is C18H15ClN2O3S. The number of fused-ring (bicyclic) bond motifs is 2. The first kappa shape index (κ1) is 18.8. The molecule has 0 saturated heterocycles. The number of hydrogen-bond donors (Lipinski definition) is 1. The summed E-state index contributed by atoms with van der Waals surface area (Å²) in [6, 6.07) is 18.0. The molecule has 128 valence electrons. The molecule has 4 rings (SSSR count). The van der Waals surface area contributed by atoms with E-state index in [1.165, 1.54) is 16.8 Å². The van der Waals surface area contributed by atoms with Crippen LogP contribution in [0.2, 0.25) is 0 Å². The zero-order valence-electron chi connectivity index (χ0n) is 13.0. The van der Waals surface area contributed by atoms with Gasteiger partial charge in [-0.3, -0.25) is 14.5 Å². The van der Waals surface area contributed by atoms with Crippen LogP contribution in [-0.2, 0) is 10.1 Å². The molecule has 2 aromatic heterocycles. The summed E-state index contributed by atoms with van der Waals surface area (Å²) in [7, 11) is -4.17. The zero-order chi connectivity index (χ0) is 17.0. The molecule has 7 heteroatoms. The van der Waals surface area contributed by atoms with E-state index in [0.29, 0.717) is 10.9 Å². The van der Waals surface area contributed by atoms with Gasteiger partial charge in [-0.2, -0.15) is 8.42 Å². The fourth-order valence-corrected chi connectivity index (χ4v) is 3.03. The Bertz CT molecular complexity index is 1030. The summed E-state index contributed by atoms with van der Waals surface area (Å²) in [4.78, 5) is 7.88. The molecule has 0 spiro atoms. The third-order valence-corrected chi connectivity index (χ3v) is 4.35. The van der Waals surface area contributed by atoms with Gasteiger partial charge in [0.05, 0.1) is 5.52 Å². The summed E-state index contributed by atoms with van der Waals surface area (Å²) in [6.45, 7) is 0. The highest BCUT2D eigenvalue weighted by atomic mass is 35.5. The average Bonchev–Trinajstić information content (AvgIpc) is 2.61. The number of pyridine rings is 2. The number of hydrogen-bond acceptors (Lipinski definition) is 4. The molecule has 0 aliphatic heterocycles. The molecular weight excluding hydrogens is 360 g/mol. The summed E-state index contributed by atoms with van der Waals surface area (Å²) in [6.07, 6.45) is 5.24. The second kappa shape index (κ2) is 8.02. The van der Waals surface area contributed by atoms with Crippen LogP contribution in [0.25, 0.3) is 21.7 Å². The smallest absolute Gasteiger partial charge is 0.282 e. The maximum Gasteiger partial charge on any atom is 0.295 e. The van der Waals surface area contributed by atoms with Gasteiger partial charge in [0.1, 0.15) is 4.90 Å². The van der Waals surface area contributed by atoms with Gasteiger partial charge in [0, 0.05) is 24.0 Å². The Hall–Kier alpha value is -2.54. The van der Waals surface area contributed by atoms with Crippen LogP contribution in [0.3, 0.4) is 0 Å². The number of rotatable bonds is 1. The molecule has 4 aromatic rings. The van der Waals surface area contributed by atoms with Crippen molar-refractivity contribution in [3.63, 3.8) is 0 Å². The van der Waals surface area contributed by atoms with Crippen molar-refractivity contribution in [2.24, 2.45) is 0 Å². The van der Waals surface area contributed by atoms with Gasteiger partial charge < -0.3 is 0 Å². The average molecular weight is 375 g/mol. The molecule has 0 aliphatic carbocycles. The first-order chi connectivity index (χ1) is 11.6. The van der Waals surface area contributed by atoms with Crippen LogP contribution < -0.4 is 0 Å². The predicted molar refractivity (Wildman–Crippen MR) is 101 cm³/mol. The van der Waals surface area contributed by atoms with Crippen molar-refractivity contribution in [3.05, 3.63) is 79.3 Å². The van der Waals surface area contributed by atoms with Crippen molar-refractivity contribution < 1.29 is 13.0 Å². The molecule has 2 aromatic carbocycles. The van der Waals surface area contributed by atoms with Crippen LogP contribution in [0.15, 0.2) is 84.1 Å². The minimum atomic E-state index is -4.17. The third kappa shape index (κ3) is 4.51. The summed E-state index contributed by atoms with van der Waals surface area (Å²) < 4.78 is 30.9. The van der Waals surface area contributed by atoms with Gasteiger partial charge in [-0.05, 0) is 41.1 Å². The predicted octanol–water partition coefficient (Wildman–Crippen LogP) is 4.14. The molecule has 0 atom stereocenters. The Morgan fingerprint density at radius 2 is 1.56 bits per heavy atom. The highest BCUT2D eigenvalue weighted by molar-refractivity contribution is 7.86. The van der Waals surface area contributed by atoms with Crippen LogP contribution in [0, 0.1) is 0 Å². The van der Waals surface area contributed by atoms with Crippen molar-refractivity contribution in [1.29, 1.82) is 0 Å². The van der Waals surface area contributed by atoms with E-state index in [1.807, 2.05) is 30.6 Å². The molecule has 0 saturated carbocycles. The minimum absolute atomic E-state index is 0. The van der Waals surface area contributed by atoms with Gasteiger partial charge >= 0.3 is 0 Å². The van der Waals surface area contributed by atoms with Gasteiger partial charge in [0.15, 0.2) is 0 Å². The lowest BCUT2D eigenvalue weighted by molar-refractivity contribution is 0.484. The van der Waals surface area contributed by atoms with Gasteiger partial charge in [-0.15, -0.1) is 12.4 Å². The Labute approximate surface area is 151 Å². The van der Waals surface area contributed by atoms with E-state index in [9.17, 15) is 8.42 Å². The van der Waals surface area contributed by atoms with E-state index >= 15 is 0 Å². The van der Waals surface area contributed by atoms with E-state index < -0.39 is 10.1 Å². The maximum absolute atomic E-state index is 11.0. The molecule has 25 heavy (non-hydrogen) atoms. The molecule has 2 heterocycles. The molecule has 1 N–H and O–H groups in total. The van der Waals surface area contributed by atoms with Crippen LogP contribution >= 0.6 is 12.4 Å². The highest BCUT2D eigenvalue weighted by Gasteiger charge is 2.12. The topological polar surface area (TPSA) is 80.2 Å².